The predicted molar refractivity (Wildman–Crippen MR) is 115 cm³/mol. The molecule has 0 aliphatic carbocycles. The second-order valence-corrected chi connectivity index (χ2v) is 8.12. The van der Waals surface area contributed by atoms with Gasteiger partial charge in [-0.1, -0.05) is 12.1 Å². The van der Waals surface area contributed by atoms with E-state index in [1.165, 1.54) is 4.90 Å². The second-order valence-electron chi connectivity index (χ2n) is 8.12. The summed E-state index contributed by atoms with van der Waals surface area (Å²) in [5, 5.41) is 0. The van der Waals surface area contributed by atoms with Crippen LogP contribution in [0, 0.1) is 26.7 Å². The van der Waals surface area contributed by atoms with Gasteiger partial charge in [0.1, 0.15) is 5.75 Å². The summed E-state index contributed by atoms with van der Waals surface area (Å²) >= 11 is 0. The van der Waals surface area contributed by atoms with Crippen LogP contribution in [0.15, 0.2) is 36.4 Å². The van der Waals surface area contributed by atoms with Crippen LogP contribution in [0.4, 0.5) is 11.4 Å². The second kappa shape index (κ2) is 7.98. The molecule has 2 heterocycles. The van der Waals surface area contributed by atoms with Crippen LogP contribution < -0.4 is 14.5 Å². The highest BCUT2D eigenvalue weighted by Crippen LogP contribution is 2.32. The lowest BCUT2D eigenvalue weighted by molar-refractivity contribution is -0.139. The molecular formula is C24H24N2O5. The molecule has 0 bridgehead atoms. The van der Waals surface area contributed by atoms with Crippen LogP contribution in [0.25, 0.3) is 0 Å². The van der Waals surface area contributed by atoms with Gasteiger partial charge in [-0.2, -0.15) is 0 Å². The van der Waals surface area contributed by atoms with Crippen LogP contribution in [0.3, 0.4) is 0 Å². The summed E-state index contributed by atoms with van der Waals surface area (Å²) in [5.74, 6) is -1.27. The number of esters is 1. The Morgan fingerprint density at radius 3 is 2.29 bits per heavy atom. The molecule has 2 saturated heterocycles. The van der Waals surface area contributed by atoms with Crippen molar-refractivity contribution >= 4 is 35.1 Å². The van der Waals surface area contributed by atoms with Crippen molar-refractivity contribution in [3.8, 4) is 5.75 Å². The summed E-state index contributed by atoms with van der Waals surface area (Å²) in [6.07, 6.45) is 0.517. The molecule has 2 fully saturated rings. The molecule has 0 radical (unpaired) electrons. The van der Waals surface area contributed by atoms with Crippen molar-refractivity contribution in [1.82, 2.24) is 0 Å². The lowest BCUT2D eigenvalue weighted by atomic mass is 10.1. The Morgan fingerprint density at radius 1 is 0.903 bits per heavy atom. The molecule has 2 aromatic rings. The predicted octanol–water partition coefficient (Wildman–Crippen LogP) is 3.22. The van der Waals surface area contributed by atoms with Gasteiger partial charge in [-0.15, -0.1) is 0 Å². The molecule has 0 spiro atoms. The monoisotopic (exact) mass is 420 g/mol. The zero-order valence-corrected chi connectivity index (χ0v) is 17.8. The molecule has 0 unspecified atom stereocenters. The highest BCUT2D eigenvalue weighted by atomic mass is 16.5. The number of amides is 3. The van der Waals surface area contributed by atoms with E-state index >= 15 is 0 Å². The molecule has 7 heteroatoms. The molecule has 1 atom stereocenters. The van der Waals surface area contributed by atoms with Crippen molar-refractivity contribution in [3.63, 3.8) is 0 Å². The fourth-order valence-electron chi connectivity index (χ4n) is 4.11. The number of ether oxygens (including phenoxy) is 1. The van der Waals surface area contributed by atoms with Crippen LogP contribution in [-0.2, 0) is 19.2 Å². The first kappa shape index (κ1) is 20.8. The van der Waals surface area contributed by atoms with Crippen molar-refractivity contribution < 1.29 is 23.9 Å². The number of benzene rings is 2. The van der Waals surface area contributed by atoms with Crippen molar-refractivity contribution in [3.05, 3.63) is 53.1 Å². The first-order chi connectivity index (χ1) is 14.8. The Balaban J connectivity index is 1.47. The minimum atomic E-state index is -0.561. The third-order valence-electron chi connectivity index (χ3n) is 6.00. The summed E-state index contributed by atoms with van der Waals surface area (Å²) in [6, 6.07) is 10.6. The molecule has 3 amide bonds. The Labute approximate surface area is 180 Å². The number of imide groups is 1. The highest BCUT2D eigenvalue weighted by Gasteiger charge is 2.37. The number of aryl methyl sites for hydroxylation is 2. The van der Waals surface area contributed by atoms with Gasteiger partial charge >= 0.3 is 5.97 Å². The first-order valence-electron chi connectivity index (χ1n) is 10.3. The zero-order chi connectivity index (χ0) is 22.3. The average Bonchev–Trinajstić information content (AvgIpc) is 3.27. The van der Waals surface area contributed by atoms with E-state index in [0.29, 0.717) is 17.0 Å². The van der Waals surface area contributed by atoms with Crippen LogP contribution in [-0.4, -0.2) is 30.2 Å². The molecule has 2 aliphatic rings. The van der Waals surface area contributed by atoms with Crippen LogP contribution >= 0.6 is 0 Å². The van der Waals surface area contributed by atoms with E-state index in [1.807, 2.05) is 32.0 Å². The molecule has 0 N–H and O–H groups in total. The van der Waals surface area contributed by atoms with Crippen molar-refractivity contribution in [1.29, 1.82) is 0 Å². The minimum Gasteiger partial charge on any atom is -0.426 e. The smallest absolute Gasteiger partial charge is 0.316 e. The quantitative estimate of drug-likeness (QED) is 0.431. The van der Waals surface area contributed by atoms with Gasteiger partial charge in [-0.05, 0) is 61.7 Å². The standard InChI is InChI=1S/C24H24N2O5/c1-14-5-4-6-20(16(14)3)25-13-17(12-23(25)29)24(30)31-18-7-8-19(15(2)11-18)26-21(27)9-10-22(26)28/h4-8,11,17H,9-10,12-13H2,1-3H3/t17-/m1/s1. The van der Waals surface area contributed by atoms with E-state index in [0.717, 1.165) is 16.8 Å². The van der Waals surface area contributed by atoms with Crippen molar-refractivity contribution in [2.75, 3.05) is 16.3 Å². The third-order valence-corrected chi connectivity index (χ3v) is 6.00. The van der Waals surface area contributed by atoms with Gasteiger partial charge in [0.15, 0.2) is 0 Å². The van der Waals surface area contributed by atoms with Crippen molar-refractivity contribution in [2.24, 2.45) is 5.92 Å². The zero-order valence-electron chi connectivity index (χ0n) is 17.8. The molecule has 0 saturated carbocycles. The third kappa shape index (κ3) is 3.83. The molecule has 4 rings (SSSR count). The molecule has 2 aliphatic heterocycles. The number of hydrogen-bond acceptors (Lipinski definition) is 5. The number of nitrogens with zero attached hydrogens (tertiary/aromatic N) is 2. The van der Waals surface area contributed by atoms with Gasteiger partial charge in [0, 0.05) is 31.5 Å². The van der Waals surface area contributed by atoms with Crippen LogP contribution in [0.2, 0.25) is 0 Å². The van der Waals surface area contributed by atoms with E-state index < -0.39 is 11.9 Å². The lowest BCUT2D eigenvalue weighted by Crippen LogP contribution is -2.29. The summed E-state index contributed by atoms with van der Waals surface area (Å²) in [6.45, 7) is 5.98. The summed E-state index contributed by atoms with van der Waals surface area (Å²) in [7, 11) is 0. The molecule has 160 valence electrons. The van der Waals surface area contributed by atoms with E-state index in [1.54, 1.807) is 30.0 Å². The van der Waals surface area contributed by atoms with Gasteiger partial charge in [-0.3, -0.25) is 24.1 Å². The number of hydrogen-bond donors (Lipinski definition) is 0. The lowest BCUT2D eigenvalue weighted by Gasteiger charge is -2.20. The number of anilines is 2. The number of carbonyl (C=O) groups excluding carboxylic acids is 4. The number of rotatable bonds is 4. The fraction of sp³-hybridized carbons (Fsp3) is 0.333. The largest absolute Gasteiger partial charge is 0.426 e. The molecule has 2 aromatic carbocycles. The molecule has 31 heavy (non-hydrogen) atoms. The fourth-order valence-corrected chi connectivity index (χ4v) is 4.11. The maximum Gasteiger partial charge on any atom is 0.316 e. The normalized spacial score (nSPS) is 18.8. The molecule has 0 aromatic heterocycles. The van der Waals surface area contributed by atoms with Gasteiger partial charge in [-0.25, -0.2) is 0 Å². The Hall–Kier alpha value is -3.48. The minimum absolute atomic E-state index is 0.0973. The summed E-state index contributed by atoms with van der Waals surface area (Å²) < 4.78 is 5.53. The highest BCUT2D eigenvalue weighted by molar-refractivity contribution is 6.20. The SMILES string of the molecule is Cc1cc(OC(=O)[C@@H]2CC(=O)N(c3cccc(C)c3C)C2)ccc1N1C(=O)CCC1=O. The Morgan fingerprint density at radius 2 is 1.61 bits per heavy atom. The Kier molecular flexibility index (Phi) is 5.35. The summed E-state index contributed by atoms with van der Waals surface area (Å²) in [4.78, 5) is 52.1. The van der Waals surface area contributed by atoms with E-state index in [-0.39, 0.29) is 43.5 Å². The average molecular weight is 420 g/mol. The van der Waals surface area contributed by atoms with Gasteiger partial charge in [0.05, 0.1) is 11.6 Å². The van der Waals surface area contributed by atoms with Gasteiger partial charge in [0.2, 0.25) is 17.7 Å². The van der Waals surface area contributed by atoms with E-state index in [9.17, 15) is 19.2 Å². The van der Waals surface area contributed by atoms with Crippen molar-refractivity contribution in [2.45, 2.75) is 40.0 Å². The number of carbonyl (C=O) groups is 4. The van der Waals surface area contributed by atoms with E-state index in [2.05, 4.69) is 0 Å². The Bertz CT molecular complexity index is 1090. The van der Waals surface area contributed by atoms with E-state index in [4.69, 9.17) is 4.74 Å². The first-order valence-corrected chi connectivity index (χ1v) is 10.3. The van der Waals surface area contributed by atoms with Gasteiger partial charge in [0.25, 0.3) is 0 Å². The van der Waals surface area contributed by atoms with Crippen LogP contribution in [0.5, 0.6) is 5.75 Å². The molecular weight excluding hydrogens is 396 g/mol. The van der Waals surface area contributed by atoms with Gasteiger partial charge < -0.3 is 9.64 Å². The van der Waals surface area contributed by atoms with Crippen LogP contribution in [0.1, 0.15) is 36.0 Å². The molecule has 7 nitrogen and oxygen atoms in total. The maximum atomic E-state index is 12.7. The topological polar surface area (TPSA) is 84.0 Å². The maximum absolute atomic E-state index is 12.7. The summed E-state index contributed by atoms with van der Waals surface area (Å²) in [5.41, 5.74) is 4.09.